The SMILES string of the molecule is CCCCC(N)C(=O)Nc1ccc(OC)cc1C(=O)O. The highest BCUT2D eigenvalue weighted by atomic mass is 16.5. The average Bonchev–Trinajstić information content (AvgIpc) is 2.44. The lowest BCUT2D eigenvalue weighted by atomic mass is 10.1. The molecule has 0 radical (unpaired) electrons. The van der Waals surface area contributed by atoms with Crippen molar-refractivity contribution < 1.29 is 19.4 Å². The molecule has 0 aliphatic carbocycles. The molecule has 1 rings (SSSR count). The standard InChI is InChI=1S/C14H20N2O4/c1-3-4-5-11(15)13(17)16-12-7-6-9(20-2)8-10(12)14(18)19/h6-8,11H,3-5,15H2,1-2H3,(H,16,17)(H,18,19). The molecule has 1 aromatic carbocycles. The van der Waals surface area contributed by atoms with Crippen molar-refractivity contribution in [1.29, 1.82) is 0 Å². The number of amides is 1. The van der Waals surface area contributed by atoms with E-state index >= 15 is 0 Å². The number of hydrogen-bond acceptors (Lipinski definition) is 4. The number of carboxylic acid groups (broad SMARTS) is 1. The lowest BCUT2D eigenvalue weighted by Crippen LogP contribution is -2.35. The van der Waals surface area contributed by atoms with Crippen molar-refractivity contribution in [2.24, 2.45) is 5.73 Å². The van der Waals surface area contributed by atoms with Crippen LogP contribution in [-0.4, -0.2) is 30.1 Å². The molecule has 1 amide bonds. The maximum absolute atomic E-state index is 11.9. The molecule has 1 aromatic rings. The fourth-order valence-electron chi connectivity index (χ4n) is 1.72. The van der Waals surface area contributed by atoms with Gasteiger partial charge in [0, 0.05) is 0 Å². The van der Waals surface area contributed by atoms with Crippen LogP contribution in [0.25, 0.3) is 0 Å². The first-order valence-corrected chi connectivity index (χ1v) is 6.47. The molecular formula is C14H20N2O4. The normalized spacial score (nSPS) is 11.8. The molecule has 6 heteroatoms. The molecule has 1 atom stereocenters. The molecule has 20 heavy (non-hydrogen) atoms. The van der Waals surface area contributed by atoms with E-state index in [1.807, 2.05) is 6.92 Å². The quantitative estimate of drug-likeness (QED) is 0.707. The molecule has 0 saturated carbocycles. The first-order valence-electron chi connectivity index (χ1n) is 6.47. The third-order valence-electron chi connectivity index (χ3n) is 2.92. The summed E-state index contributed by atoms with van der Waals surface area (Å²) in [5.41, 5.74) is 5.94. The van der Waals surface area contributed by atoms with Crippen LogP contribution in [0.5, 0.6) is 5.75 Å². The van der Waals surface area contributed by atoms with E-state index in [1.54, 1.807) is 6.07 Å². The second kappa shape index (κ2) is 7.49. The Morgan fingerprint density at radius 3 is 2.70 bits per heavy atom. The fourth-order valence-corrected chi connectivity index (χ4v) is 1.72. The summed E-state index contributed by atoms with van der Waals surface area (Å²) in [6.07, 6.45) is 2.37. The highest BCUT2D eigenvalue weighted by Gasteiger charge is 2.17. The molecule has 0 saturated heterocycles. The number of carbonyl (C=O) groups excluding carboxylic acids is 1. The predicted molar refractivity (Wildman–Crippen MR) is 76.1 cm³/mol. The van der Waals surface area contributed by atoms with E-state index in [-0.39, 0.29) is 17.2 Å². The Labute approximate surface area is 117 Å². The fraction of sp³-hybridized carbons (Fsp3) is 0.429. The number of aromatic carboxylic acids is 1. The van der Waals surface area contributed by atoms with Crippen LogP contribution in [-0.2, 0) is 4.79 Å². The summed E-state index contributed by atoms with van der Waals surface area (Å²) < 4.78 is 4.96. The van der Waals surface area contributed by atoms with Crippen molar-refractivity contribution in [3.8, 4) is 5.75 Å². The topological polar surface area (TPSA) is 102 Å². The first kappa shape index (κ1) is 16.0. The van der Waals surface area contributed by atoms with Crippen LogP contribution in [0.4, 0.5) is 5.69 Å². The van der Waals surface area contributed by atoms with Gasteiger partial charge in [0.2, 0.25) is 5.91 Å². The number of ether oxygens (including phenoxy) is 1. The number of rotatable bonds is 7. The summed E-state index contributed by atoms with van der Waals surface area (Å²) in [7, 11) is 1.44. The monoisotopic (exact) mass is 280 g/mol. The van der Waals surface area contributed by atoms with Gasteiger partial charge in [-0.3, -0.25) is 4.79 Å². The number of methoxy groups -OCH3 is 1. The van der Waals surface area contributed by atoms with E-state index in [1.165, 1.54) is 19.2 Å². The number of anilines is 1. The molecule has 110 valence electrons. The van der Waals surface area contributed by atoms with E-state index < -0.39 is 12.0 Å². The molecule has 0 aliphatic rings. The number of benzene rings is 1. The summed E-state index contributed by atoms with van der Waals surface area (Å²) in [5.74, 6) is -1.11. The number of carboxylic acids is 1. The number of carbonyl (C=O) groups is 2. The molecule has 0 aromatic heterocycles. The van der Waals surface area contributed by atoms with Crippen LogP contribution < -0.4 is 15.8 Å². The molecule has 1 unspecified atom stereocenters. The Morgan fingerprint density at radius 2 is 2.15 bits per heavy atom. The largest absolute Gasteiger partial charge is 0.497 e. The summed E-state index contributed by atoms with van der Waals surface area (Å²) in [6.45, 7) is 2.01. The lowest BCUT2D eigenvalue weighted by molar-refractivity contribution is -0.117. The molecular weight excluding hydrogens is 260 g/mol. The van der Waals surface area contributed by atoms with Gasteiger partial charge in [-0.25, -0.2) is 4.79 Å². The summed E-state index contributed by atoms with van der Waals surface area (Å²) in [4.78, 5) is 23.1. The van der Waals surface area contributed by atoms with E-state index in [0.29, 0.717) is 12.2 Å². The van der Waals surface area contributed by atoms with Crippen molar-refractivity contribution >= 4 is 17.6 Å². The molecule has 6 nitrogen and oxygen atoms in total. The van der Waals surface area contributed by atoms with Crippen LogP contribution in [0.2, 0.25) is 0 Å². The predicted octanol–water partition coefficient (Wildman–Crippen LogP) is 1.85. The van der Waals surface area contributed by atoms with Gasteiger partial charge in [-0.2, -0.15) is 0 Å². The van der Waals surface area contributed by atoms with Gasteiger partial charge >= 0.3 is 5.97 Å². The van der Waals surface area contributed by atoms with Gasteiger partial charge in [-0.1, -0.05) is 19.8 Å². The molecule has 4 N–H and O–H groups in total. The van der Waals surface area contributed by atoms with Crippen molar-refractivity contribution in [2.45, 2.75) is 32.2 Å². The Kier molecular flexibility index (Phi) is 5.99. The zero-order valence-corrected chi connectivity index (χ0v) is 11.7. The highest BCUT2D eigenvalue weighted by Crippen LogP contribution is 2.22. The molecule has 0 heterocycles. The van der Waals surface area contributed by atoms with E-state index in [0.717, 1.165) is 12.8 Å². The van der Waals surface area contributed by atoms with Gasteiger partial charge in [-0.15, -0.1) is 0 Å². The first-order chi connectivity index (χ1) is 9.49. The van der Waals surface area contributed by atoms with Crippen LogP contribution >= 0.6 is 0 Å². The minimum Gasteiger partial charge on any atom is -0.497 e. The second-order valence-corrected chi connectivity index (χ2v) is 4.45. The molecule has 0 aliphatic heterocycles. The minimum atomic E-state index is -1.14. The van der Waals surface area contributed by atoms with Crippen LogP contribution in [0.1, 0.15) is 36.5 Å². The van der Waals surface area contributed by atoms with Gasteiger partial charge in [0.15, 0.2) is 0 Å². The van der Waals surface area contributed by atoms with Crippen LogP contribution in [0, 0.1) is 0 Å². The third-order valence-corrected chi connectivity index (χ3v) is 2.92. The number of unbranched alkanes of at least 4 members (excludes halogenated alkanes) is 1. The van der Waals surface area contributed by atoms with Gasteiger partial charge in [0.05, 0.1) is 24.4 Å². The van der Waals surface area contributed by atoms with Crippen LogP contribution in [0.3, 0.4) is 0 Å². The maximum atomic E-state index is 11.9. The van der Waals surface area contributed by atoms with Crippen molar-refractivity contribution in [1.82, 2.24) is 0 Å². The second-order valence-electron chi connectivity index (χ2n) is 4.45. The molecule has 0 fully saturated rings. The Morgan fingerprint density at radius 1 is 1.45 bits per heavy atom. The van der Waals surface area contributed by atoms with Crippen molar-refractivity contribution in [3.63, 3.8) is 0 Å². The lowest BCUT2D eigenvalue weighted by Gasteiger charge is -2.14. The minimum absolute atomic E-state index is 0.0274. The van der Waals surface area contributed by atoms with E-state index in [9.17, 15) is 9.59 Å². The molecule has 0 spiro atoms. The average molecular weight is 280 g/mol. The van der Waals surface area contributed by atoms with Crippen molar-refractivity contribution in [2.75, 3.05) is 12.4 Å². The maximum Gasteiger partial charge on any atom is 0.337 e. The van der Waals surface area contributed by atoms with Gasteiger partial charge in [-0.05, 0) is 24.6 Å². The van der Waals surface area contributed by atoms with Gasteiger partial charge in [0.25, 0.3) is 0 Å². The van der Waals surface area contributed by atoms with E-state index in [2.05, 4.69) is 5.32 Å². The number of nitrogens with one attached hydrogen (secondary N) is 1. The summed E-state index contributed by atoms with van der Waals surface area (Å²) >= 11 is 0. The van der Waals surface area contributed by atoms with E-state index in [4.69, 9.17) is 15.6 Å². The zero-order chi connectivity index (χ0) is 15.1. The Bertz CT molecular complexity index is 488. The highest BCUT2D eigenvalue weighted by molar-refractivity contribution is 6.02. The number of nitrogens with two attached hydrogens (primary N) is 1. The summed E-state index contributed by atoms with van der Waals surface area (Å²) in [5, 5.41) is 11.7. The Hall–Kier alpha value is -2.08. The molecule has 0 bridgehead atoms. The Balaban J connectivity index is 2.86. The number of hydrogen-bond donors (Lipinski definition) is 3. The van der Waals surface area contributed by atoms with Gasteiger partial charge < -0.3 is 20.9 Å². The third kappa shape index (κ3) is 4.24. The van der Waals surface area contributed by atoms with Crippen LogP contribution in [0.15, 0.2) is 18.2 Å². The van der Waals surface area contributed by atoms with Gasteiger partial charge in [0.1, 0.15) is 5.75 Å². The summed E-state index contributed by atoms with van der Waals surface area (Å²) in [6, 6.07) is 3.79. The smallest absolute Gasteiger partial charge is 0.337 e. The zero-order valence-electron chi connectivity index (χ0n) is 11.7. The van der Waals surface area contributed by atoms with Crippen molar-refractivity contribution in [3.05, 3.63) is 23.8 Å².